The van der Waals surface area contributed by atoms with Gasteiger partial charge in [-0.05, 0) is 32.4 Å². The first kappa shape index (κ1) is 14.5. The number of furan rings is 1. The van der Waals surface area contributed by atoms with Crippen LogP contribution in [0.1, 0.15) is 23.4 Å². The molecule has 0 unspecified atom stereocenters. The predicted molar refractivity (Wildman–Crippen MR) is 82.7 cm³/mol. The average Bonchev–Trinajstić information content (AvgIpc) is 3.20. The average molecular weight is 317 g/mol. The molecule has 0 bridgehead atoms. The van der Waals surface area contributed by atoms with Crippen LogP contribution >= 0.6 is 11.3 Å². The number of rotatable bonds is 5. The van der Waals surface area contributed by atoms with Crippen LogP contribution in [0.25, 0.3) is 11.5 Å². The molecule has 0 atom stereocenters. The number of nitrogens with zero attached hydrogens (tertiary/aromatic N) is 2. The number of aryl methyl sites for hydroxylation is 2. The van der Waals surface area contributed by atoms with Gasteiger partial charge in [0.05, 0.1) is 12.0 Å². The molecule has 3 heterocycles. The zero-order chi connectivity index (χ0) is 15.5. The monoisotopic (exact) mass is 317 g/mol. The van der Waals surface area contributed by atoms with Crippen LogP contribution in [0.4, 0.5) is 5.13 Å². The lowest BCUT2D eigenvalue weighted by Gasteiger charge is -2.01. The molecule has 0 aliphatic heterocycles. The summed E-state index contributed by atoms with van der Waals surface area (Å²) in [5, 5.41) is 9.10. The van der Waals surface area contributed by atoms with Crippen molar-refractivity contribution < 1.29 is 13.7 Å². The molecule has 0 aromatic carbocycles. The molecule has 1 N–H and O–H groups in total. The molecule has 7 heteroatoms. The van der Waals surface area contributed by atoms with Gasteiger partial charge in [-0.3, -0.25) is 4.79 Å². The molecule has 0 aliphatic carbocycles. The third kappa shape index (κ3) is 3.09. The lowest BCUT2D eigenvalue weighted by atomic mass is 10.1. The summed E-state index contributed by atoms with van der Waals surface area (Å²) in [6.07, 6.45) is 2.55. The molecular formula is C15H15N3O3S. The van der Waals surface area contributed by atoms with E-state index in [2.05, 4.69) is 15.5 Å². The first-order valence-corrected chi connectivity index (χ1v) is 7.72. The Labute approximate surface area is 131 Å². The molecule has 0 fully saturated rings. The fourth-order valence-corrected chi connectivity index (χ4v) is 2.86. The minimum Gasteiger partial charge on any atom is -0.463 e. The quantitative estimate of drug-likeness (QED) is 0.778. The number of aromatic nitrogens is 2. The number of hydrogen-bond acceptors (Lipinski definition) is 6. The third-order valence-corrected chi connectivity index (χ3v) is 4.07. The van der Waals surface area contributed by atoms with Crippen molar-refractivity contribution >= 4 is 22.4 Å². The Morgan fingerprint density at radius 2 is 2.27 bits per heavy atom. The second kappa shape index (κ2) is 6.15. The summed E-state index contributed by atoms with van der Waals surface area (Å²) < 4.78 is 10.4. The van der Waals surface area contributed by atoms with Crippen LogP contribution in [0.2, 0.25) is 0 Å². The van der Waals surface area contributed by atoms with Crippen molar-refractivity contribution in [2.45, 2.75) is 26.7 Å². The van der Waals surface area contributed by atoms with Gasteiger partial charge in [0, 0.05) is 17.4 Å². The molecule has 0 aliphatic rings. The molecule has 0 radical (unpaired) electrons. The SMILES string of the molecule is Cc1noc(C)c1CCC(=O)Nc1nc(-c2ccco2)cs1. The van der Waals surface area contributed by atoms with Gasteiger partial charge in [-0.2, -0.15) is 0 Å². The van der Waals surface area contributed by atoms with Crippen LogP contribution in [-0.4, -0.2) is 16.0 Å². The smallest absolute Gasteiger partial charge is 0.226 e. The standard InChI is InChI=1S/C15H15N3O3S/c1-9-11(10(2)21-18-9)5-6-14(19)17-15-16-12(8-22-15)13-4-3-7-20-13/h3-4,7-8H,5-6H2,1-2H3,(H,16,17,19). The van der Waals surface area contributed by atoms with E-state index in [4.69, 9.17) is 8.94 Å². The van der Waals surface area contributed by atoms with Crippen LogP contribution in [0.3, 0.4) is 0 Å². The minimum atomic E-state index is -0.0830. The van der Waals surface area contributed by atoms with Crippen molar-refractivity contribution in [2.75, 3.05) is 5.32 Å². The Bertz CT molecular complexity index is 754. The van der Waals surface area contributed by atoms with Crippen LogP contribution < -0.4 is 5.32 Å². The summed E-state index contributed by atoms with van der Waals surface area (Å²) in [6, 6.07) is 3.63. The van der Waals surface area contributed by atoms with Crippen LogP contribution in [0.15, 0.2) is 32.7 Å². The molecule has 0 spiro atoms. The molecule has 114 valence electrons. The molecule has 3 aromatic heterocycles. The van der Waals surface area contributed by atoms with Crippen molar-refractivity contribution in [3.63, 3.8) is 0 Å². The third-order valence-electron chi connectivity index (χ3n) is 3.31. The highest BCUT2D eigenvalue weighted by molar-refractivity contribution is 7.14. The van der Waals surface area contributed by atoms with Gasteiger partial charge in [-0.25, -0.2) is 4.98 Å². The molecule has 1 amide bonds. The van der Waals surface area contributed by atoms with Gasteiger partial charge in [0.15, 0.2) is 10.9 Å². The van der Waals surface area contributed by atoms with E-state index in [0.29, 0.717) is 23.7 Å². The molecule has 22 heavy (non-hydrogen) atoms. The second-order valence-electron chi connectivity index (χ2n) is 4.87. The Hall–Kier alpha value is -2.41. The molecule has 6 nitrogen and oxygen atoms in total. The fraction of sp³-hybridized carbons (Fsp3) is 0.267. The van der Waals surface area contributed by atoms with E-state index in [1.165, 1.54) is 11.3 Å². The summed E-state index contributed by atoms with van der Waals surface area (Å²) in [5.74, 6) is 1.37. The number of hydrogen-bond donors (Lipinski definition) is 1. The molecule has 3 rings (SSSR count). The van der Waals surface area contributed by atoms with E-state index >= 15 is 0 Å². The molecule has 0 saturated carbocycles. The Kier molecular flexibility index (Phi) is 4.06. The van der Waals surface area contributed by atoms with Gasteiger partial charge in [0.2, 0.25) is 5.91 Å². The maximum Gasteiger partial charge on any atom is 0.226 e. The summed E-state index contributed by atoms with van der Waals surface area (Å²) in [7, 11) is 0. The summed E-state index contributed by atoms with van der Waals surface area (Å²) >= 11 is 1.37. The highest BCUT2D eigenvalue weighted by Crippen LogP contribution is 2.25. The van der Waals surface area contributed by atoms with Gasteiger partial charge >= 0.3 is 0 Å². The van der Waals surface area contributed by atoms with Gasteiger partial charge in [0.25, 0.3) is 0 Å². The second-order valence-corrected chi connectivity index (χ2v) is 5.72. The van der Waals surface area contributed by atoms with Gasteiger partial charge in [-0.1, -0.05) is 5.16 Å². The Morgan fingerprint density at radius 3 is 2.95 bits per heavy atom. The van der Waals surface area contributed by atoms with Gasteiger partial charge in [-0.15, -0.1) is 11.3 Å². The zero-order valence-electron chi connectivity index (χ0n) is 12.3. The van der Waals surface area contributed by atoms with E-state index in [1.54, 1.807) is 12.3 Å². The van der Waals surface area contributed by atoms with Gasteiger partial charge < -0.3 is 14.3 Å². The Morgan fingerprint density at radius 1 is 1.41 bits per heavy atom. The maximum atomic E-state index is 12.0. The van der Waals surface area contributed by atoms with Crippen LogP contribution in [0.5, 0.6) is 0 Å². The van der Waals surface area contributed by atoms with E-state index < -0.39 is 0 Å². The van der Waals surface area contributed by atoms with Gasteiger partial charge in [0.1, 0.15) is 11.5 Å². The molecule has 0 saturated heterocycles. The number of amides is 1. The summed E-state index contributed by atoms with van der Waals surface area (Å²) in [4.78, 5) is 16.3. The minimum absolute atomic E-state index is 0.0830. The number of nitrogens with one attached hydrogen (secondary N) is 1. The van der Waals surface area contributed by atoms with E-state index in [0.717, 1.165) is 22.7 Å². The fourth-order valence-electron chi connectivity index (χ4n) is 2.15. The predicted octanol–water partition coefficient (Wildman–Crippen LogP) is 3.58. The highest BCUT2D eigenvalue weighted by Gasteiger charge is 2.13. The van der Waals surface area contributed by atoms with E-state index in [-0.39, 0.29) is 5.91 Å². The zero-order valence-corrected chi connectivity index (χ0v) is 13.1. The number of carbonyl (C=O) groups excluding carboxylic acids is 1. The maximum absolute atomic E-state index is 12.0. The van der Waals surface area contributed by atoms with Crippen molar-refractivity contribution in [1.82, 2.24) is 10.1 Å². The van der Waals surface area contributed by atoms with Crippen LogP contribution in [-0.2, 0) is 11.2 Å². The molecular weight excluding hydrogens is 302 g/mol. The van der Waals surface area contributed by atoms with Crippen molar-refractivity contribution in [1.29, 1.82) is 0 Å². The first-order chi connectivity index (χ1) is 10.6. The van der Waals surface area contributed by atoms with E-state index in [1.807, 2.05) is 25.3 Å². The normalized spacial score (nSPS) is 10.8. The van der Waals surface area contributed by atoms with Crippen molar-refractivity contribution in [3.8, 4) is 11.5 Å². The number of anilines is 1. The lowest BCUT2D eigenvalue weighted by Crippen LogP contribution is -2.12. The largest absolute Gasteiger partial charge is 0.463 e. The first-order valence-electron chi connectivity index (χ1n) is 6.84. The highest BCUT2D eigenvalue weighted by atomic mass is 32.1. The topological polar surface area (TPSA) is 81.2 Å². The number of thiazole rings is 1. The summed E-state index contributed by atoms with van der Waals surface area (Å²) in [5.41, 5.74) is 2.54. The summed E-state index contributed by atoms with van der Waals surface area (Å²) in [6.45, 7) is 3.73. The van der Waals surface area contributed by atoms with E-state index in [9.17, 15) is 4.79 Å². The van der Waals surface area contributed by atoms with Crippen LogP contribution in [0, 0.1) is 13.8 Å². The van der Waals surface area contributed by atoms with Crippen molar-refractivity contribution in [3.05, 3.63) is 40.8 Å². The Balaban J connectivity index is 1.58. The molecule has 3 aromatic rings. The lowest BCUT2D eigenvalue weighted by molar-refractivity contribution is -0.116. The van der Waals surface area contributed by atoms with Crippen molar-refractivity contribution in [2.24, 2.45) is 0 Å². The number of carbonyl (C=O) groups is 1.